The lowest BCUT2D eigenvalue weighted by atomic mass is 10.4. The molecule has 0 amide bonds. The topological polar surface area (TPSA) is 0 Å². The van der Waals surface area contributed by atoms with Crippen LogP contribution in [0.5, 0.6) is 0 Å². The number of benzene rings is 2. The van der Waals surface area contributed by atoms with Crippen molar-refractivity contribution in [2.24, 2.45) is 0 Å². The fraction of sp³-hybridized carbons (Fsp3) is 0.200. The first-order valence-electron chi connectivity index (χ1n) is 6.19. The molecule has 17 heavy (non-hydrogen) atoms. The van der Waals surface area contributed by atoms with Gasteiger partial charge in [0.2, 0.25) is 0 Å². The molecule has 2 aromatic carbocycles. The molecule has 2 heteroatoms. The fourth-order valence-electron chi connectivity index (χ4n) is 1.95. The van der Waals surface area contributed by atoms with Gasteiger partial charge in [0.05, 0.1) is 17.6 Å². The van der Waals surface area contributed by atoms with Crippen LogP contribution in [0, 0.1) is 0 Å². The van der Waals surface area contributed by atoms with Gasteiger partial charge in [-0.25, -0.2) is 0 Å². The molecule has 0 aliphatic heterocycles. The largest absolute Gasteiger partial charge is 0.0875 e. The summed E-state index contributed by atoms with van der Waals surface area (Å²) in [6.07, 6.45) is 0. The van der Waals surface area contributed by atoms with Crippen molar-refractivity contribution in [2.45, 2.75) is 19.6 Å². The zero-order valence-electron chi connectivity index (χ0n) is 10.9. The number of rotatable bonds is 3. The third-order valence-corrected chi connectivity index (χ3v) is 6.90. The van der Waals surface area contributed by atoms with Crippen LogP contribution in [0.2, 0.25) is 19.6 Å². The monoisotopic (exact) mass is 256 g/mol. The Morgan fingerprint density at radius 1 is 0.706 bits per heavy atom. The van der Waals surface area contributed by atoms with Gasteiger partial charge in [0.1, 0.15) is 0 Å². The van der Waals surface area contributed by atoms with Crippen molar-refractivity contribution in [1.29, 1.82) is 0 Å². The average Bonchev–Trinajstić information content (AvgIpc) is 2.30. The normalized spacial score (nSPS) is 12.2. The molecule has 2 rings (SSSR count). The molecule has 0 aliphatic carbocycles. The van der Waals surface area contributed by atoms with Gasteiger partial charge in [-0.2, -0.15) is 0 Å². The first kappa shape index (κ1) is 12.3. The molecular formula is C15H20Si2. The molecule has 0 nitrogen and oxygen atoms in total. The van der Waals surface area contributed by atoms with E-state index >= 15 is 0 Å². The average molecular weight is 256 g/mol. The molecule has 0 atom stereocenters. The van der Waals surface area contributed by atoms with E-state index in [2.05, 4.69) is 74.2 Å². The Balaban J connectivity index is 2.14. The van der Waals surface area contributed by atoms with Gasteiger partial charge in [-0.15, -0.1) is 0 Å². The van der Waals surface area contributed by atoms with E-state index in [9.17, 15) is 0 Å². The van der Waals surface area contributed by atoms with Gasteiger partial charge < -0.3 is 0 Å². The summed E-state index contributed by atoms with van der Waals surface area (Å²) in [5, 5.41) is 4.62. The fourth-order valence-corrected chi connectivity index (χ4v) is 4.57. The van der Waals surface area contributed by atoms with Gasteiger partial charge in [-0.1, -0.05) is 89.8 Å². The SMILES string of the molecule is C[Si](C)(C)c1ccc([SiH2]c2ccccc2)cc1. The molecule has 0 unspecified atom stereocenters. The quantitative estimate of drug-likeness (QED) is 0.727. The summed E-state index contributed by atoms with van der Waals surface area (Å²) in [5.41, 5.74) is 0. The van der Waals surface area contributed by atoms with E-state index in [1.165, 1.54) is 5.19 Å². The van der Waals surface area contributed by atoms with Crippen LogP contribution in [0.15, 0.2) is 54.6 Å². The molecule has 0 spiro atoms. The highest BCUT2D eigenvalue weighted by atomic mass is 28.3. The van der Waals surface area contributed by atoms with E-state index in [1.807, 2.05) is 0 Å². The molecular weight excluding hydrogens is 236 g/mol. The van der Waals surface area contributed by atoms with Crippen LogP contribution in [0.3, 0.4) is 0 Å². The minimum Gasteiger partial charge on any atom is -0.0656 e. The third-order valence-electron chi connectivity index (χ3n) is 3.07. The lowest BCUT2D eigenvalue weighted by Crippen LogP contribution is -2.38. The van der Waals surface area contributed by atoms with E-state index in [0.717, 1.165) is 0 Å². The summed E-state index contributed by atoms with van der Waals surface area (Å²) in [6.45, 7) is 7.20. The Labute approximate surface area is 108 Å². The Bertz CT molecular complexity index is 467. The molecule has 0 saturated heterocycles. The van der Waals surface area contributed by atoms with E-state index in [0.29, 0.717) is 0 Å². The van der Waals surface area contributed by atoms with Crippen LogP contribution in [0.4, 0.5) is 0 Å². The number of hydrogen-bond donors (Lipinski definition) is 0. The van der Waals surface area contributed by atoms with Gasteiger partial charge in [-0.3, -0.25) is 0 Å². The van der Waals surface area contributed by atoms with Gasteiger partial charge in [0.15, 0.2) is 0 Å². The summed E-state index contributed by atoms with van der Waals surface area (Å²) in [4.78, 5) is 0. The molecule has 0 bridgehead atoms. The molecule has 0 fully saturated rings. The van der Waals surface area contributed by atoms with Crippen molar-refractivity contribution in [3.05, 3.63) is 54.6 Å². The predicted molar refractivity (Wildman–Crippen MR) is 83.7 cm³/mol. The molecule has 0 aliphatic rings. The van der Waals surface area contributed by atoms with Gasteiger partial charge >= 0.3 is 0 Å². The summed E-state index contributed by atoms with van der Waals surface area (Å²) >= 11 is 0. The van der Waals surface area contributed by atoms with Gasteiger partial charge in [0, 0.05) is 0 Å². The molecule has 0 N–H and O–H groups in total. The van der Waals surface area contributed by atoms with Gasteiger partial charge in [-0.05, 0) is 0 Å². The molecule has 2 aromatic rings. The zero-order chi connectivity index (χ0) is 12.3. The first-order valence-corrected chi connectivity index (χ1v) is 11.1. The third kappa shape index (κ3) is 3.41. The number of hydrogen-bond acceptors (Lipinski definition) is 0. The van der Waals surface area contributed by atoms with Crippen molar-refractivity contribution in [3.63, 3.8) is 0 Å². The van der Waals surface area contributed by atoms with Crippen molar-refractivity contribution in [1.82, 2.24) is 0 Å². The first-order chi connectivity index (χ1) is 8.05. The highest BCUT2D eigenvalue weighted by Gasteiger charge is 2.15. The van der Waals surface area contributed by atoms with E-state index in [4.69, 9.17) is 0 Å². The Kier molecular flexibility index (Phi) is 3.64. The van der Waals surface area contributed by atoms with Crippen molar-refractivity contribution in [2.75, 3.05) is 0 Å². The van der Waals surface area contributed by atoms with E-state index in [1.54, 1.807) is 10.4 Å². The van der Waals surface area contributed by atoms with Crippen LogP contribution in [-0.2, 0) is 0 Å². The standard InChI is InChI=1S/C15H20Si2/c1-17(2,3)15-11-9-14(10-12-15)16-13-7-5-4-6-8-13/h4-12H,16H2,1-3H3. The van der Waals surface area contributed by atoms with Crippen LogP contribution in [0.1, 0.15) is 0 Å². The molecule has 0 heterocycles. The maximum atomic E-state index is 2.40. The minimum atomic E-state index is -1.13. The summed E-state index contributed by atoms with van der Waals surface area (Å²) < 4.78 is 0. The minimum absolute atomic E-state index is 0.278. The van der Waals surface area contributed by atoms with Crippen LogP contribution in [0.25, 0.3) is 0 Å². The summed E-state index contributed by atoms with van der Waals surface area (Å²) in [6, 6.07) is 20.2. The molecule has 0 saturated carbocycles. The lowest BCUT2D eigenvalue weighted by Gasteiger charge is -2.16. The maximum Gasteiger partial charge on any atom is 0.0875 e. The molecule has 0 radical (unpaired) electrons. The van der Waals surface area contributed by atoms with Crippen molar-refractivity contribution < 1.29 is 0 Å². The van der Waals surface area contributed by atoms with Gasteiger partial charge in [0.25, 0.3) is 0 Å². The zero-order valence-corrected chi connectivity index (χ0v) is 13.3. The highest BCUT2D eigenvalue weighted by Crippen LogP contribution is 2.00. The summed E-state index contributed by atoms with van der Waals surface area (Å²) in [7, 11) is -1.41. The second-order valence-electron chi connectivity index (χ2n) is 5.61. The lowest BCUT2D eigenvalue weighted by molar-refractivity contribution is 1.70. The molecule has 88 valence electrons. The maximum absolute atomic E-state index is 2.40. The second-order valence-corrected chi connectivity index (χ2v) is 12.7. The van der Waals surface area contributed by atoms with Crippen LogP contribution >= 0.6 is 0 Å². The van der Waals surface area contributed by atoms with Crippen molar-refractivity contribution >= 4 is 33.2 Å². The summed E-state index contributed by atoms with van der Waals surface area (Å²) in [5.74, 6) is 0. The molecule has 0 aromatic heterocycles. The van der Waals surface area contributed by atoms with E-state index in [-0.39, 0.29) is 9.52 Å². The Morgan fingerprint density at radius 2 is 1.24 bits per heavy atom. The smallest absolute Gasteiger partial charge is 0.0656 e. The van der Waals surface area contributed by atoms with Crippen molar-refractivity contribution in [3.8, 4) is 0 Å². The Morgan fingerprint density at radius 3 is 1.76 bits per heavy atom. The van der Waals surface area contributed by atoms with Crippen LogP contribution < -0.4 is 15.6 Å². The second kappa shape index (κ2) is 5.02. The van der Waals surface area contributed by atoms with Crippen LogP contribution in [-0.4, -0.2) is 17.6 Å². The van der Waals surface area contributed by atoms with E-state index < -0.39 is 8.07 Å². The Hall–Kier alpha value is -1.13. The predicted octanol–water partition coefficient (Wildman–Crippen LogP) is 1.35. The highest BCUT2D eigenvalue weighted by molar-refractivity contribution is 6.88.